The topological polar surface area (TPSA) is 71.3 Å². The fraction of sp³-hybridized carbons (Fsp3) is 0.467. The van der Waals surface area contributed by atoms with Crippen molar-refractivity contribution in [3.8, 4) is 0 Å². The fourth-order valence-electron chi connectivity index (χ4n) is 2.45. The van der Waals surface area contributed by atoms with Crippen molar-refractivity contribution in [2.24, 2.45) is 0 Å². The highest BCUT2D eigenvalue weighted by molar-refractivity contribution is 7.88. The summed E-state index contributed by atoms with van der Waals surface area (Å²) in [6.07, 6.45) is 2.06. The van der Waals surface area contributed by atoms with Crippen LogP contribution in [-0.2, 0) is 16.4 Å². The van der Waals surface area contributed by atoms with E-state index in [-0.39, 0.29) is 6.04 Å². The highest BCUT2D eigenvalue weighted by atomic mass is 32.2. The Morgan fingerprint density at radius 3 is 2.62 bits per heavy atom. The van der Waals surface area contributed by atoms with Crippen LogP contribution in [0.5, 0.6) is 0 Å². The Kier molecular flexibility index (Phi) is 5.03. The molecule has 1 aromatic carbocycles. The number of para-hydroxylation sites is 1. The van der Waals surface area contributed by atoms with Gasteiger partial charge < -0.3 is 9.73 Å². The molecule has 0 bridgehead atoms. The summed E-state index contributed by atoms with van der Waals surface area (Å²) in [5, 5.41) is 4.44. The zero-order valence-corrected chi connectivity index (χ0v) is 13.5. The predicted molar refractivity (Wildman–Crippen MR) is 84.9 cm³/mol. The molecule has 0 saturated heterocycles. The minimum atomic E-state index is -3.13. The monoisotopic (exact) mass is 310 g/mol. The van der Waals surface area contributed by atoms with Gasteiger partial charge in [-0.05, 0) is 19.4 Å². The first-order valence-electron chi connectivity index (χ1n) is 7.10. The SMILES string of the molecule is CCc1c(C(C)NCCNS(C)(=O)=O)oc2ccccc12. The van der Waals surface area contributed by atoms with E-state index in [1.165, 1.54) is 5.56 Å². The van der Waals surface area contributed by atoms with Crippen molar-refractivity contribution in [1.82, 2.24) is 10.0 Å². The normalized spacial score (nSPS) is 13.7. The van der Waals surface area contributed by atoms with Gasteiger partial charge in [-0.25, -0.2) is 13.1 Å². The summed E-state index contributed by atoms with van der Waals surface area (Å²) in [6.45, 7) is 5.05. The van der Waals surface area contributed by atoms with Crippen molar-refractivity contribution in [1.29, 1.82) is 0 Å². The van der Waals surface area contributed by atoms with E-state index in [1.54, 1.807) is 0 Å². The van der Waals surface area contributed by atoms with Crippen molar-refractivity contribution in [3.63, 3.8) is 0 Å². The van der Waals surface area contributed by atoms with Crippen LogP contribution < -0.4 is 10.0 Å². The molecule has 0 aliphatic heterocycles. The van der Waals surface area contributed by atoms with E-state index in [0.717, 1.165) is 29.4 Å². The molecule has 0 aliphatic rings. The Bertz CT molecular complexity index is 707. The molecule has 0 fully saturated rings. The molecule has 2 rings (SSSR count). The van der Waals surface area contributed by atoms with Gasteiger partial charge in [-0.2, -0.15) is 0 Å². The third-order valence-electron chi connectivity index (χ3n) is 3.42. The zero-order valence-electron chi connectivity index (χ0n) is 12.6. The second-order valence-electron chi connectivity index (χ2n) is 5.14. The van der Waals surface area contributed by atoms with Gasteiger partial charge in [0.05, 0.1) is 12.3 Å². The number of hydrogen-bond donors (Lipinski definition) is 2. The Labute approximate surface area is 125 Å². The van der Waals surface area contributed by atoms with Gasteiger partial charge in [-0.1, -0.05) is 25.1 Å². The highest BCUT2D eigenvalue weighted by Gasteiger charge is 2.17. The highest BCUT2D eigenvalue weighted by Crippen LogP contribution is 2.30. The maximum absolute atomic E-state index is 11.0. The summed E-state index contributed by atoms with van der Waals surface area (Å²) < 4.78 is 30.4. The molecular weight excluding hydrogens is 288 g/mol. The van der Waals surface area contributed by atoms with E-state index in [0.29, 0.717) is 13.1 Å². The number of aryl methyl sites for hydroxylation is 1. The van der Waals surface area contributed by atoms with E-state index < -0.39 is 10.0 Å². The van der Waals surface area contributed by atoms with Crippen molar-refractivity contribution in [3.05, 3.63) is 35.6 Å². The maximum Gasteiger partial charge on any atom is 0.208 e. The van der Waals surface area contributed by atoms with Gasteiger partial charge in [-0.3, -0.25) is 0 Å². The maximum atomic E-state index is 11.0. The largest absolute Gasteiger partial charge is 0.459 e. The minimum absolute atomic E-state index is 0.0358. The number of hydrogen-bond acceptors (Lipinski definition) is 4. The van der Waals surface area contributed by atoms with Crippen LogP contribution in [0.15, 0.2) is 28.7 Å². The van der Waals surface area contributed by atoms with E-state index in [9.17, 15) is 8.42 Å². The van der Waals surface area contributed by atoms with Gasteiger partial charge in [0.15, 0.2) is 0 Å². The lowest BCUT2D eigenvalue weighted by molar-refractivity contribution is 0.448. The first kappa shape index (κ1) is 16.0. The zero-order chi connectivity index (χ0) is 15.5. The minimum Gasteiger partial charge on any atom is -0.459 e. The molecule has 1 unspecified atom stereocenters. The molecule has 0 saturated carbocycles. The van der Waals surface area contributed by atoms with Gasteiger partial charge in [0.25, 0.3) is 0 Å². The molecule has 21 heavy (non-hydrogen) atoms. The predicted octanol–water partition coefficient (Wildman–Crippen LogP) is 2.20. The first-order chi connectivity index (χ1) is 9.92. The molecule has 1 heterocycles. The van der Waals surface area contributed by atoms with Crippen LogP contribution in [0.2, 0.25) is 0 Å². The van der Waals surface area contributed by atoms with Crippen molar-refractivity contribution in [2.45, 2.75) is 26.3 Å². The molecule has 1 aromatic heterocycles. The summed E-state index contributed by atoms with van der Waals surface area (Å²) in [4.78, 5) is 0. The third-order valence-corrected chi connectivity index (χ3v) is 4.14. The molecule has 5 nitrogen and oxygen atoms in total. The van der Waals surface area contributed by atoms with Crippen LogP contribution in [0.4, 0.5) is 0 Å². The standard InChI is InChI=1S/C15H22N2O3S/c1-4-12-13-7-5-6-8-14(13)20-15(12)11(2)16-9-10-17-21(3,18)19/h5-8,11,16-17H,4,9-10H2,1-3H3. The second-order valence-corrected chi connectivity index (χ2v) is 6.97. The number of sulfonamides is 1. The number of fused-ring (bicyclic) bond motifs is 1. The number of nitrogens with one attached hydrogen (secondary N) is 2. The van der Waals surface area contributed by atoms with E-state index in [4.69, 9.17) is 4.42 Å². The molecule has 6 heteroatoms. The summed E-state index contributed by atoms with van der Waals surface area (Å²) in [6, 6.07) is 8.04. The van der Waals surface area contributed by atoms with Gasteiger partial charge in [0.1, 0.15) is 11.3 Å². The average Bonchev–Trinajstić information content (AvgIpc) is 2.81. The Balaban J connectivity index is 2.07. The Morgan fingerprint density at radius 2 is 1.95 bits per heavy atom. The van der Waals surface area contributed by atoms with E-state index >= 15 is 0 Å². The number of rotatable bonds is 7. The van der Waals surface area contributed by atoms with Crippen LogP contribution in [0.3, 0.4) is 0 Å². The van der Waals surface area contributed by atoms with Crippen molar-refractivity contribution >= 4 is 21.0 Å². The summed E-state index contributed by atoms with van der Waals surface area (Å²) in [5.74, 6) is 0.929. The summed E-state index contributed by atoms with van der Waals surface area (Å²) in [7, 11) is -3.13. The smallest absolute Gasteiger partial charge is 0.208 e. The average molecular weight is 310 g/mol. The van der Waals surface area contributed by atoms with Gasteiger partial charge in [0.2, 0.25) is 10.0 Å². The first-order valence-corrected chi connectivity index (χ1v) is 9.00. The van der Waals surface area contributed by atoms with E-state index in [2.05, 4.69) is 23.0 Å². The lowest BCUT2D eigenvalue weighted by Crippen LogP contribution is -2.32. The number of benzene rings is 1. The van der Waals surface area contributed by atoms with Crippen LogP contribution >= 0.6 is 0 Å². The molecular formula is C15H22N2O3S. The molecule has 0 spiro atoms. The van der Waals surface area contributed by atoms with Gasteiger partial charge >= 0.3 is 0 Å². The molecule has 0 amide bonds. The summed E-state index contributed by atoms with van der Waals surface area (Å²) >= 11 is 0. The molecule has 2 N–H and O–H groups in total. The van der Waals surface area contributed by atoms with Crippen LogP contribution in [0.25, 0.3) is 11.0 Å². The Morgan fingerprint density at radius 1 is 1.24 bits per heavy atom. The fourth-order valence-corrected chi connectivity index (χ4v) is 2.92. The molecule has 2 aromatic rings. The van der Waals surface area contributed by atoms with Crippen molar-refractivity contribution in [2.75, 3.05) is 19.3 Å². The van der Waals surface area contributed by atoms with Crippen molar-refractivity contribution < 1.29 is 12.8 Å². The van der Waals surface area contributed by atoms with Gasteiger partial charge in [-0.15, -0.1) is 0 Å². The lowest BCUT2D eigenvalue weighted by atomic mass is 10.1. The van der Waals surface area contributed by atoms with Gasteiger partial charge in [0, 0.05) is 24.0 Å². The van der Waals surface area contributed by atoms with E-state index in [1.807, 2.05) is 25.1 Å². The number of furan rings is 1. The third kappa shape index (κ3) is 4.06. The van der Waals surface area contributed by atoms with Crippen LogP contribution in [0, 0.1) is 0 Å². The van der Waals surface area contributed by atoms with Crippen LogP contribution in [0.1, 0.15) is 31.2 Å². The summed E-state index contributed by atoms with van der Waals surface area (Å²) in [5.41, 5.74) is 2.11. The molecule has 0 aliphatic carbocycles. The van der Waals surface area contributed by atoms with Crippen LogP contribution in [-0.4, -0.2) is 27.8 Å². The lowest BCUT2D eigenvalue weighted by Gasteiger charge is -2.13. The second kappa shape index (κ2) is 6.60. The quantitative estimate of drug-likeness (QED) is 0.769. The Hall–Kier alpha value is -1.37. The molecule has 116 valence electrons. The molecule has 0 radical (unpaired) electrons. The molecule has 1 atom stereocenters.